The molecule has 6 heteroatoms. The zero-order valence-electron chi connectivity index (χ0n) is 13.7. The van der Waals surface area contributed by atoms with Gasteiger partial charge in [0.25, 0.3) is 5.91 Å². The van der Waals surface area contributed by atoms with Gasteiger partial charge in [-0.15, -0.1) is 5.10 Å². The molecule has 122 valence electrons. The van der Waals surface area contributed by atoms with Gasteiger partial charge in [0.15, 0.2) is 5.69 Å². The lowest BCUT2D eigenvalue weighted by Crippen LogP contribution is -2.14. The number of benzene rings is 2. The molecule has 1 aromatic heterocycles. The molecule has 3 aromatic rings. The van der Waals surface area contributed by atoms with Crippen LogP contribution in [0, 0.1) is 20.8 Å². The molecule has 3 rings (SSSR count). The van der Waals surface area contributed by atoms with E-state index in [0.29, 0.717) is 22.1 Å². The standard InChI is InChI=1S/C18H17ClN4O/c1-11-4-7-14(8-5-11)20-18(24)17-13(3)23(22-21-17)16-10-12(2)6-9-15(16)19/h4-10H,1-3H3,(H,20,24). The summed E-state index contributed by atoms with van der Waals surface area (Å²) in [6.45, 7) is 5.76. The predicted molar refractivity (Wildman–Crippen MR) is 95.0 cm³/mol. The number of hydrogen-bond donors (Lipinski definition) is 1. The SMILES string of the molecule is Cc1ccc(NC(=O)c2nnn(-c3cc(C)ccc3Cl)c2C)cc1. The maximum Gasteiger partial charge on any atom is 0.278 e. The number of hydrogen-bond acceptors (Lipinski definition) is 3. The Kier molecular flexibility index (Phi) is 4.36. The fraction of sp³-hybridized carbons (Fsp3) is 0.167. The summed E-state index contributed by atoms with van der Waals surface area (Å²) in [6, 6.07) is 13.2. The van der Waals surface area contributed by atoms with E-state index in [1.54, 1.807) is 17.7 Å². The molecule has 0 bridgehead atoms. The third-order valence-corrected chi connectivity index (χ3v) is 4.07. The third kappa shape index (κ3) is 3.16. The molecule has 0 spiro atoms. The summed E-state index contributed by atoms with van der Waals surface area (Å²) >= 11 is 6.25. The first-order valence-electron chi connectivity index (χ1n) is 7.52. The largest absolute Gasteiger partial charge is 0.321 e. The Morgan fingerprint density at radius 3 is 2.42 bits per heavy atom. The van der Waals surface area contributed by atoms with Crippen LogP contribution in [-0.4, -0.2) is 20.9 Å². The number of anilines is 1. The maximum absolute atomic E-state index is 12.5. The molecule has 24 heavy (non-hydrogen) atoms. The summed E-state index contributed by atoms with van der Waals surface area (Å²) in [5, 5.41) is 11.5. The van der Waals surface area contributed by atoms with Gasteiger partial charge in [0.05, 0.1) is 16.4 Å². The molecule has 0 aliphatic rings. The van der Waals surface area contributed by atoms with Crippen molar-refractivity contribution < 1.29 is 4.79 Å². The highest BCUT2D eigenvalue weighted by molar-refractivity contribution is 6.32. The van der Waals surface area contributed by atoms with E-state index in [2.05, 4.69) is 15.6 Å². The topological polar surface area (TPSA) is 59.8 Å². The van der Waals surface area contributed by atoms with Crippen molar-refractivity contribution in [2.45, 2.75) is 20.8 Å². The fourth-order valence-electron chi connectivity index (χ4n) is 2.38. The fourth-order valence-corrected chi connectivity index (χ4v) is 2.58. The van der Waals surface area contributed by atoms with E-state index in [1.165, 1.54) is 0 Å². The molecule has 0 saturated heterocycles. The summed E-state index contributed by atoms with van der Waals surface area (Å²) < 4.78 is 1.58. The van der Waals surface area contributed by atoms with E-state index < -0.39 is 0 Å². The van der Waals surface area contributed by atoms with Crippen LogP contribution in [0.5, 0.6) is 0 Å². The summed E-state index contributed by atoms with van der Waals surface area (Å²) in [6.07, 6.45) is 0. The van der Waals surface area contributed by atoms with Crippen molar-refractivity contribution in [3.8, 4) is 5.69 Å². The van der Waals surface area contributed by atoms with Gasteiger partial charge >= 0.3 is 0 Å². The van der Waals surface area contributed by atoms with E-state index in [4.69, 9.17) is 11.6 Å². The molecule has 0 unspecified atom stereocenters. The maximum atomic E-state index is 12.5. The third-order valence-electron chi connectivity index (χ3n) is 3.75. The van der Waals surface area contributed by atoms with Crippen LogP contribution < -0.4 is 5.32 Å². The van der Waals surface area contributed by atoms with Crippen molar-refractivity contribution >= 4 is 23.2 Å². The van der Waals surface area contributed by atoms with Crippen molar-refractivity contribution in [3.05, 3.63) is 70.0 Å². The van der Waals surface area contributed by atoms with Crippen LogP contribution in [0.2, 0.25) is 5.02 Å². The van der Waals surface area contributed by atoms with Gasteiger partial charge < -0.3 is 5.32 Å². The molecule has 0 aliphatic heterocycles. The number of halogens is 1. The summed E-state index contributed by atoms with van der Waals surface area (Å²) in [5.41, 5.74) is 4.50. The number of aryl methyl sites for hydroxylation is 2. The molecule has 0 aliphatic carbocycles. The second-order valence-electron chi connectivity index (χ2n) is 5.71. The first-order valence-corrected chi connectivity index (χ1v) is 7.90. The van der Waals surface area contributed by atoms with Gasteiger partial charge in [-0.2, -0.15) is 0 Å². The molecular weight excluding hydrogens is 324 g/mol. The molecule has 2 aromatic carbocycles. The van der Waals surface area contributed by atoms with Crippen molar-refractivity contribution in [2.75, 3.05) is 5.32 Å². The molecule has 0 saturated carbocycles. The van der Waals surface area contributed by atoms with Crippen molar-refractivity contribution in [1.82, 2.24) is 15.0 Å². The Labute approximate surface area is 145 Å². The van der Waals surface area contributed by atoms with E-state index in [0.717, 1.165) is 11.1 Å². The molecule has 0 radical (unpaired) electrons. The van der Waals surface area contributed by atoms with Gasteiger partial charge in [-0.05, 0) is 50.6 Å². The smallest absolute Gasteiger partial charge is 0.278 e. The highest BCUT2D eigenvalue weighted by Crippen LogP contribution is 2.23. The second-order valence-corrected chi connectivity index (χ2v) is 6.12. The Morgan fingerprint density at radius 2 is 1.71 bits per heavy atom. The van der Waals surface area contributed by atoms with Crippen LogP contribution in [0.4, 0.5) is 5.69 Å². The molecule has 5 nitrogen and oxygen atoms in total. The van der Waals surface area contributed by atoms with Crippen LogP contribution in [0.25, 0.3) is 5.69 Å². The number of aromatic nitrogens is 3. The first-order chi connectivity index (χ1) is 11.5. The van der Waals surface area contributed by atoms with Gasteiger partial charge in [-0.1, -0.05) is 40.6 Å². The van der Waals surface area contributed by atoms with Crippen molar-refractivity contribution in [1.29, 1.82) is 0 Å². The zero-order valence-corrected chi connectivity index (χ0v) is 14.4. The average Bonchev–Trinajstić information content (AvgIpc) is 2.93. The van der Waals surface area contributed by atoms with E-state index in [9.17, 15) is 4.79 Å². The lowest BCUT2D eigenvalue weighted by Gasteiger charge is -2.07. The molecular formula is C18H17ClN4O. The predicted octanol–water partition coefficient (Wildman–Crippen LogP) is 4.10. The minimum absolute atomic E-state index is 0.271. The van der Waals surface area contributed by atoms with Crippen molar-refractivity contribution in [2.24, 2.45) is 0 Å². The van der Waals surface area contributed by atoms with E-state index in [-0.39, 0.29) is 11.6 Å². The second kappa shape index (κ2) is 6.45. The van der Waals surface area contributed by atoms with E-state index in [1.807, 2.05) is 50.2 Å². The molecule has 0 atom stereocenters. The van der Waals surface area contributed by atoms with Crippen LogP contribution >= 0.6 is 11.6 Å². The summed E-state index contributed by atoms with van der Waals surface area (Å²) in [5.74, 6) is -0.300. The van der Waals surface area contributed by atoms with Crippen LogP contribution in [0.3, 0.4) is 0 Å². The molecule has 1 heterocycles. The minimum Gasteiger partial charge on any atom is -0.321 e. The number of carbonyl (C=O) groups excluding carboxylic acids is 1. The minimum atomic E-state index is -0.300. The lowest BCUT2D eigenvalue weighted by molar-refractivity contribution is 0.102. The number of carbonyl (C=O) groups is 1. The zero-order chi connectivity index (χ0) is 17.3. The number of nitrogens with one attached hydrogen (secondary N) is 1. The summed E-state index contributed by atoms with van der Waals surface area (Å²) in [7, 11) is 0. The van der Waals surface area contributed by atoms with E-state index >= 15 is 0 Å². The van der Waals surface area contributed by atoms with Gasteiger partial charge in [-0.3, -0.25) is 4.79 Å². The van der Waals surface area contributed by atoms with Gasteiger partial charge in [-0.25, -0.2) is 4.68 Å². The van der Waals surface area contributed by atoms with Gasteiger partial charge in [0.2, 0.25) is 0 Å². The first kappa shape index (κ1) is 16.2. The Morgan fingerprint density at radius 1 is 1.04 bits per heavy atom. The van der Waals surface area contributed by atoms with Crippen molar-refractivity contribution in [3.63, 3.8) is 0 Å². The number of nitrogens with zero attached hydrogens (tertiary/aromatic N) is 3. The molecule has 0 fully saturated rings. The van der Waals surface area contributed by atoms with Gasteiger partial charge in [0.1, 0.15) is 0 Å². The monoisotopic (exact) mass is 340 g/mol. The Hall–Kier alpha value is -2.66. The lowest BCUT2D eigenvalue weighted by atomic mass is 10.2. The normalized spacial score (nSPS) is 10.7. The highest BCUT2D eigenvalue weighted by Gasteiger charge is 2.18. The Balaban J connectivity index is 1.90. The van der Waals surface area contributed by atoms with Crippen LogP contribution in [0.15, 0.2) is 42.5 Å². The van der Waals surface area contributed by atoms with Gasteiger partial charge in [0, 0.05) is 5.69 Å². The highest BCUT2D eigenvalue weighted by atomic mass is 35.5. The number of rotatable bonds is 3. The molecule has 1 amide bonds. The summed E-state index contributed by atoms with van der Waals surface area (Å²) in [4.78, 5) is 12.5. The Bertz CT molecular complexity index is 900. The molecule has 1 N–H and O–H groups in total. The van der Waals surface area contributed by atoms with Crippen LogP contribution in [-0.2, 0) is 0 Å². The number of amides is 1. The van der Waals surface area contributed by atoms with Crippen LogP contribution in [0.1, 0.15) is 27.3 Å². The quantitative estimate of drug-likeness (QED) is 0.781. The average molecular weight is 341 g/mol.